The summed E-state index contributed by atoms with van der Waals surface area (Å²) >= 11 is 0. The first-order valence-corrected chi connectivity index (χ1v) is 11.9. The van der Waals surface area contributed by atoms with E-state index < -0.39 is 17.6 Å². The highest BCUT2D eigenvalue weighted by Crippen LogP contribution is 2.56. The Labute approximate surface area is 183 Å². The summed E-state index contributed by atoms with van der Waals surface area (Å²) in [5.74, 6) is 0.0535. The molecule has 8 heteroatoms. The van der Waals surface area contributed by atoms with Gasteiger partial charge < -0.3 is 15.0 Å². The quantitative estimate of drug-likeness (QED) is 0.650. The van der Waals surface area contributed by atoms with E-state index in [1.54, 1.807) is 4.90 Å². The molecule has 0 bridgehead atoms. The fourth-order valence-corrected chi connectivity index (χ4v) is 5.67. The number of hydrogen-bond acceptors (Lipinski definition) is 5. The van der Waals surface area contributed by atoms with Crippen LogP contribution in [0.15, 0.2) is 0 Å². The number of carbonyl (C=O) groups excluding carboxylic acids is 4. The number of alkyl carbamates (subject to hydrolysis) is 1. The van der Waals surface area contributed by atoms with E-state index in [9.17, 15) is 19.2 Å². The van der Waals surface area contributed by atoms with Crippen molar-refractivity contribution in [3.8, 4) is 0 Å². The number of imide groups is 1. The smallest absolute Gasteiger partial charge is 0.407 e. The Morgan fingerprint density at radius 1 is 1.13 bits per heavy atom. The van der Waals surface area contributed by atoms with E-state index in [1.165, 1.54) is 4.90 Å². The number of amides is 4. The third-order valence-electron chi connectivity index (χ3n) is 7.95. The van der Waals surface area contributed by atoms with Crippen LogP contribution >= 0.6 is 0 Å². The number of ether oxygens (including phenoxy) is 1. The molecule has 2 aliphatic heterocycles. The molecule has 170 valence electrons. The van der Waals surface area contributed by atoms with Crippen LogP contribution in [-0.4, -0.2) is 64.9 Å². The zero-order valence-corrected chi connectivity index (χ0v) is 18.5. The summed E-state index contributed by atoms with van der Waals surface area (Å²) in [6.45, 7) is 4.72. The molecule has 3 aliphatic carbocycles. The second kappa shape index (κ2) is 7.48. The molecule has 0 radical (unpaired) electrons. The SMILES string of the molecule is CC(C)[C@H](NC(=O)OCC1CC1)C(=O)N1CC[C@H]2[C@H]1C1(CCC1)C(=O)N2C(=O)C1CC1. The van der Waals surface area contributed by atoms with Gasteiger partial charge in [0.2, 0.25) is 17.7 Å². The highest BCUT2D eigenvalue weighted by molar-refractivity contribution is 6.04. The molecule has 2 saturated heterocycles. The molecule has 2 heterocycles. The third kappa shape index (κ3) is 3.42. The summed E-state index contributed by atoms with van der Waals surface area (Å²) in [6, 6.07) is -1.19. The zero-order chi connectivity index (χ0) is 21.9. The Bertz CT molecular complexity index is 799. The van der Waals surface area contributed by atoms with Gasteiger partial charge in [-0.15, -0.1) is 0 Å². The summed E-state index contributed by atoms with van der Waals surface area (Å²) in [6.07, 6.45) is 6.37. The van der Waals surface area contributed by atoms with Crippen molar-refractivity contribution in [1.29, 1.82) is 0 Å². The van der Waals surface area contributed by atoms with E-state index >= 15 is 0 Å². The molecule has 1 N–H and O–H groups in total. The summed E-state index contributed by atoms with van der Waals surface area (Å²) in [5, 5.41) is 2.78. The molecule has 0 unspecified atom stereocenters. The van der Waals surface area contributed by atoms with Gasteiger partial charge in [-0.25, -0.2) is 4.79 Å². The molecule has 5 fully saturated rings. The van der Waals surface area contributed by atoms with Crippen molar-refractivity contribution in [3.05, 3.63) is 0 Å². The van der Waals surface area contributed by atoms with E-state index in [0.717, 1.165) is 44.9 Å². The highest BCUT2D eigenvalue weighted by Gasteiger charge is 2.68. The van der Waals surface area contributed by atoms with Crippen molar-refractivity contribution in [1.82, 2.24) is 15.1 Å². The van der Waals surface area contributed by atoms with Crippen molar-refractivity contribution in [2.24, 2.45) is 23.2 Å². The zero-order valence-electron chi connectivity index (χ0n) is 18.5. The monoisotopic (exact) mass is 431 g/mol. The van der Waals surface area contributed by atoms with Crippen LogP contribution in [0.1, 0.15) is 65.2 Å². The van der Waals surface area contributed by atoms with Crippen LogP contribution in [0.2, 0.25) is 0 Å². The lowest BCUT2D eigenvalue weighted by molar-refractivity contribution is -0.152. The minimum atomic E-state index is -0.703. The standard InChI is InChI=1S/C23H33N3O5/c1-13(2)17(24-22(30)31-12-14-4-5-14)20(28)25-11-8-16-18(25)23(9-3-10-23)21(29)26(16)19(27)15-6-7-15/h13-18H,3-12H2,1-2H3,(H,24,30)/t16-,17-,18-/m0/s1. The minimum absolute atomic E-state index is 0.0177. The average Bonchev–Trinajstić information content (AvgIpc) is 3.61. The number of hydrogen-bond donors (Lipinski definition) is 1. The van der Waals surface area contributed by atoms with Crippen molar-refractivity contribution in [3.63, 3.8) is 0 Å². The molecule has 8 nitrogen and oxygen atoms in total. The molecule has 3 saturated carbocycles. The van der Waals surface area contributed by atoms with Crippen LogP contribution < -0.4 is 5.32 Å². The fraction of sp³-hybridized carbons (Fsp3) is 0.826. The largest absolute Gasteiger partial charge is 0.449 e. The molecular weight excluding hydrogens is 398 g/mol. The van der Waals surface area contributed by atoms with Gasteiger partial charge in [0.25, 0.3) is 0 Å². The van der Waals surface area contributed by atoms with Crippen LogP contribution in [0.4, 0.5) is 4.79 Å². The molecule has 5 aliphatic rings. The fourth-order valence-electron chi connectivity index (χ4n) is 5.67. The number of fused-ring (bicyclic) bond motifs is 2. The predicted octanol–water partition coefficient (Wildman–Crippen LogP) is 2.07. The van der Waals surface area contributed by atoms with Crippen LogP contribution in [0.5, 0.6) is 0 Å². The van der Waals surface area contributed by atoms with Crippen LogP contribution in [-0.2, 0) is 19.1 Å². The second-order valence-corrected chi connectivity index (χ2v) is 10.5. The van der Waals surface area contributed by atoms with Gasteiger partial charge in [0.1, 0.15) is 6.04 Å². The van der Waals surface area contributed by atoms with Crippen molar-refractivity contribution in [2.45, 2.75) is 83.3 Å². The van der Waals surface area contributed by atoms with Crippen molar-refractivity contribution < 1.29 is 23.9 Å². The number of likely N-dealkylation sites (tertiary alicyclic amines) is 2. The number of nitrogens with zero attached hydrogens (tertiary/aromatic N) is 2. The maximum atomic E-state index is 13.6. The molecule has 1 spiro atoms. The molecule has 31 heavy (non-hydrogen) atoms. The summed E-state index contributed by atoms with van der Waals surface area (Å²) in [4.78, 5) is 55.5. The van der Waals surface area contributed by atoms with Gasteiger partial charge in [-0.05, 0) is 56.8 Å². The Hall–Kier alpha value is -2.12. The molecule has 3 atom stereocenters. The van der Waals surface area contributed by atoms with Gasteiger partial charge in [0.05, 0.1) is 24.1 Å². The first-order valence-electron chi connectivity index (χ1n) is 11.9. The van der Waals surface area contributed by atoms with E-state index in [1.807, 2.05) is 13.8 Å². The third-order valence-corrected chi connectivity index (χ3v) is 7.95. The van der Waals surface area contributed by atoms with E-state index in [0.29, 0.717) is 25.5 Å². The summed E-state index contributed by atoms with van der Waals surface area (Å²) in [5.41, 5.74) is -0.616. The molecule has 0 aromatic carbocycles. The van der Waals surface area contributed by atoms with Gasteiger partial charge in [0.15, 0.2) is 0 Å². The number of nitrogens with one attached hydrogen (secondary N) is 1. The van der Waals surface area contributed by atoms with Crippen LogP contribution in [0, 0.1) is 23.2 Å². The molecule has 4 amide bonds. The van der Waals surface area contributed by atoms with Gasteiger partial charge in [-0.2, -0.15) is 0 Å². The average molecular weight is 432 g/mol. The summed E-state index contributed by atoms with van der Waals surface area (Å²) < 4.78 is 5.29. The number of rotatable bonds is 6. The Kier molecular flexibility index (Phi) is 5.01. The number of carbonyl (C=O) groups is 4. The Morgan fingerprint density at radius 3 is 2.39 bits per heavy atom. The highest BCUT2D eigenvalue weighted by atomic mass is 16.5. The van der Waals surface area contributed by atoms with E-state index in [-0.39, 0.29) is 41.6 Å². The maximum absolute atomic E-state index is 13.6. The normalized spacial score (nSPS) is 29.7. The van der Waals surface area contributed by atoms with Gasteiger partial charge in [0, 0.05) is 12.5 Å². The molecule has 0 aromatic rings. The minimum Gasteiger partial charge on any atom is -0.449 e. The summed E-state index contributed by atoms with van der Waals surface area (Å²) in [7, 11) is 0. The van der Waals surface area contributed by atoms with Gasteiger partial charge >= 0.3 is 6.09 Å². The van der Waals surface area contributed by atoms with Crippen LogP contribution in [0.3, 0.4) is 0 Å². The van der Waals surface area contributed by atoms with Crippen molar-refractivity contribution >= 4 is 23.8 Å². The Balaban J connectivity index is 1.34. The maximum Gasteiger partial charge on any atom is 0.407 e. The second-order valence-electron chi connectivity index (χ2n) is 10.5. The van der Waals surface area contributed by atoms with Crippen LogP contribution in [0.25, 0.3) is 0 Å². The van der Waals surface area contributed by atoms with E-state index in [2.05, 4.69) is 5.32 Å². The molecule has 5 rings (SSSR count). The van der Waals surface area contributed by atoms with Gasteiger partial charge in [-0.3, -0.25) is 19.3 Å². The first-order chi connectivity index (χ1) is 14.8. The van der Waals surface area contributed by atoms with E-state index in [4.69, 9.17) is 4.74 Å². The molecular formula is C23H33N3O5. The van der Waals surface area contributed by atoms with Crippen molar-refractivity contribution in [2.75, 3.05) is 13.2 Å². The lowest BCUT2D eigenvalue weighted by Gasteiger charge is -2.44. The lowest BCUT2D eigenvalue weighted by atomic mass is 9.64. The topological polar surface area (TPSA) is 96.0 Å². The first kappa shape index (κ1) is 20.8. The lowest BCUT2D eigenvalue weighted by Crippen LogP contribution is -2.58. The predicted molar refractivity (Wildman–Crippen MR) is 111 cm³/mol. The van der Waals surface area contributed by atoms with Gasteiger partial charge in [-0.1, -0.05) is 20.3 Å². The Morgan fingerprint density at radius 2 is 1.84 bits per heavy atom. The molecule has 0 aromatic heterocycles.